The fourth-order valence-corrected chi connectivity index (χ4v) is 4.59. The average molecular weight is 376 g/mol. The molecule has 0 saturated heterocycles. The zero-order chi connectivity index (χ0) is 19.3. The zero-order valence-electron chi connectivity index (χ0n) is 16.3. The van der Waals surface area contributed by atoms with Gasteiger partial charge in [-0.1, -0.05) is 37.8 Å². The van der Waals surface area contributed by atoms with Crippen molar-refractivity contribution in [2.75, 3.05) is 0 Å². The van der Waals surface area contributed by atoms with Crippen molar-refractivity contribution in [1.29, 1.82) is 0 Å². The number of carbonyl (C=O) groups is 1. The van der Waals surface area contributed by atoms with E-state index in [1.54, 1.807) is 0 Å². The first kappa shape index (κ1) is 17.2. The number of para-hydroxylation sites is 2. The van der Waals surface area contributed by atoms with Gasteiger partial charge in [0.25, 0.3) is 0 Å². The van der Waals surface area contributed by atoms with Crippen molar-refractivity contribution >= 4 is 33.7 Å². The van der Waals surface area contributed by atoms with Crippen LogP contribution in [0, 0.1) is 6.92 Å². The summed E-state index contributed by atoms with van der Waals surface area (Å²) in [6.45, 7) is 3.45. The Balaban J connectivity index is 1.84. The maximum Gasteiger partial charge on any atom is 0.308 e. The third-order valence-electron chi connectivity index (χ3n) is 5.82. The van der Waals surface area contributed by atoms with E-state index < -0.39 is 0 Å². The van der Waals surface area contributed by atoms with Crippen molar-refractivity contribution in [2.24, 2.45) is 0 Å². The molecule has 1 aliphatic carbocycles. The molecule has 3 heterocycles. The van der Waals surface area contributed by atoms with Gasteiger partial charge in [-0.05, 0) is 31.9 Å². The minimum Gasteiger partial charge on any atom is -0.424 e. The summed E-state index contributed by atoms with van der Waals surface area (Å²) >= 11 is 0. The van der Waals surface area contributed by atoms with Gasteiger partial charge in [-0.25, -0.2) is 9.97 Å². The number of esters is 1. The van der Waals surface area contributed by atoms with E-state index in [9.17, 15) is 4.79 Å². The van der Waals surface area contributed by atoms with E-state index >= 15 is 0 Å². The Morgan fingerprint density at radius 3 is 2.57 bits per heavy atom. The van der Waals surface area contributed by atoms with Crippen LogP contribution in [0.3, 0.4) is 0 Å². The average Bonchev–Trinajstić information content (AvgIpc) is 3.08. The second kappa shape index (κ2) is 6.62. The first-order chi connectivity index (χ1) is 13.6. The maximum atomic E-state index is 11.8. The summed E-state index contributed by atoms with van der Waals surface area (Å²) in [6.07, 6.45) is 9.25. The Bertz CT molecular complexity index is 1200. The van der Waals surface area contributed by atoms with Gasteiger partial charge in [-0.2, -0.15) is 0 Å². The van der Waals surface area contributed by atoms with E-state index in [4.69, 9.17) is 14.7 Å². The molecule has 1 saturated carbocycles. The largest absolute Gasteiger partial charge is 0.424 e. The lowest BCUT2D eigenvalue weighted by molar-refractivity contribution is -0.131. The molecule has 0 unspecified atom stereocenters. The number of hydrogen-bond donors (Lipinski definition) is 0. The first-order valence-electron chi connectivity index (χ1n) is 10.1. The highest BCUT2D eigenvalue weighted by Gasteiger charge is 2.24. The molecule has 0 radical (unpaired) electrons. The number of aromatic nitrogens is 4. The Labute approximate surface area is 163 Å². The van der Waals surface area contributed by atoms with Crippen molar-refractivity contribution in [1.82, 2.24) is 18.9 Å². The van der Waals surface area contributed by atoms with Crippen molar-refractivity contribution in [2.45, 2.75) is 58.4 Å². The number of benzene rings is 1. The molecule has 0 amide bonds. The van der Waals surface area contributed by atoms with Crippen LogP contribution >= 0.6 is 0 Å². The van der Waals surface area contributed by atoms with Crippen LogP contribution < -0.4 is 4.74 Å². The molecular weight excluding hydrogens is 352 g/mol. The molecule has 6 nitrogen and oxygen atoms in total. The van der Waals surface area contributed by atoms with Gasteiger partial charge in [0.05, 0.1) is 11.0 Å². The van der Waals surface area contributed by atoms with Crippen LogP contribution in [0.15, 0.2) is 30.5 Å². The zero-order valence-corrected chi connectivity index (χ0v) is 16.3. The lowest BCUT2D eigenvalue weighted by atomic mass is 10.1. The van der Waals surface area contributed by atoms with Crippen LogP contribution in [0.4, 0.5) is 0 Å². The van der Waals surface area contributed by atoms with Crippen LogP contribution in [0.2, 0.25) is 0 Å². The molecule has 0 atom stereocenters. The van der Waals surface area contributed by atoms with Crippen LogP contribution in [-0.4, -0.2) is 24.9 Å². The monoisotopic (exact) mass is 376 g/mol. The number of imidazole rings is 1. The molecule has 144 valence electrons. The summed E-state index contributed by atoms with van der Waals surface area (Å²) in [5.41, 5.74) is 3.59. The standard InChI is InChI=1S/C22H24N4O2/c1-14-23-21-20(22-24-17-11-7-8-12-18(17)26(14)22)19(28-15(2)27)13-25(21)16-9-5-3-4-6-10-16/h7-8,11-13,16H,3-6,9-10H2,1-2H3. The minimum atomic E-state index is -0.324. The summed E-state index contributed by atoms with van der Waals surface area (Å²) in [7, 11) is 0. The highest BCUT2D eigenvalue weighted by atomic mass is 16.5. The van der Waals surface area contributed by atoms with Gasteiger partial charge in [-0.3, -0.25) is 9.20 Å². The highest BCUT2D eigenvalue weighted by molar-refractivity contribution is 6.00. The predicted molar refractivity (Wildman–Crippen MR) is 109 cm³/mol. The molecule has 4 aromatic rings. The van der Waals surface area contributed by atoms with Crippen molar-refractivity contribution < 1.29 is 9.53 Å². The molecule has 0 N–H and O–H groups in total. The maximum absolute atomic E-state index is 11.8. The SMILES string of the molecule is CC(=O)Oc1cn(C2CCCCCC2)c2nc(C)n3c4ccccc4nc3c12. The van der Waals surface area contributed by atoms with Gasteiger partial charge in [-0.15, -0.1) is 0 Å². The van der Waals surface area contributed by atoms with Gasteiger partial charge >= 0.3 is 5.97 Å². The fraction of sp³-hybridized carbons (Fsp3) is 0.409. The third kappa shape index (κ3) is 2.66. The van der Waals surface area contributed by atoms with Crippen LogP contribution in [-0.2, 0) is 4.79 Å². The second-order valence-electron chi connectivity index (χ2n) is 7.76. The summed E-state index contributed by atoms with van der Waals surface area (Å²) in [6, 6.07) is 8.42. The van der Waals surface area contributed by atoms with E-state index in [-0.39, 0.29) is 5.97 Å². The lowest BCUT2D eigenvalue weighted by Crippen LogP contribution is -2.08. The number of aryl methyl sites for hydroxylation is 1. The Hall–Kier alpha value is -2.89. The lowest BCUT2D eigenvalue weighted by Gasteiger charge is -2.17. The Morgan fingerprint density at radius 2 is 1.82 bits per heavy atom. The molecule has 1 aliphatic rings. The van der Waals surface area contributed by atoms with E-state index in [0.717, 1.165) is 46.4 Å². The van der Waals surface area contributed by atoms with Crippen molar-refractivity contribution in [3.8, 4) is 5.75 Å². The van der Waals surface area contributed by atoms with E-state index in [1.807, 2.05) is 37.4 Å². The molecule has 0 aliphatic heterocycles. The molecule has 1 aromatic carbocycles. The Morgan fingerprint density at radius 1 is 1.07 bits per heavy atom. The van der Waals surface area contributed by atoms with Crippen molar-refractivity contribution in [3.05, 3.63) is 36.3 Å². The molecule has 0 spiro atoms. The van der Waals surface area contributed by atoms with Gasteiger partial charge in [0, 0.05) is 19.2 Å². The highest BCUT2D eigenvalue weighted by Crippen LogP contribution is 2.38. The molecule has 5 rings (SSSR count). The van der Waals surface area contributed by atoms with E-state index in [1.165, 1.54) is 32.6 Å². The number of carbonyl (C=O) groups excluding carboxylic acids is 1. The third-order valence-corrected chi connectivity index (χ3v) is 5.82. The summed E-state index contributed by atoms with van der Waals surface area (Å²) in [4.78, 5) is 21.6. The number of hydrogen-bond acceptors (Lipinski definition) is 4. The molecular formula is C22H24N4O2. The molecule has 3 aromatic heterocycles. The minimum absolute atomic E-state index is 0.324. The molecule has 0 bridgehead atoms. The molecule has 1 fully saturated rings. The number of ether oxygens (including phenoxy) is 1. The quantitative estimate of drug-likeness (QED) is 0.366. The predicted octanol–water partition coefficient (Wildman–Crippen LogP) is 4.97. The Kier molecular flexibility index (Phi) is 4.07. The smallest absolute Gasteiger partial charge is 0.308 e. The number of fused-ring (bicyclic) bond motifs is 5. The summed E-state index contributed by atoms with van der Waals surface area (Å²) in [5.74, 6) is 1.12. The van der Waals surface area contributed by atoms with Gasteiger partial charge in [0.2, 0.25) is 0 Å². The fourth-order valence-electron chi connectivity index (χ4n) is 4.59. The topological polar surface area (TPSA) is 61.4 Å². The number of nitrogens with zero attached hydrogens (tertiary/aromatic N) is 4. The first-order valence-corrected chi connectivity index (χ1v) is 10.1. The molecule has 6 heteroatoms. The summed E-state index contributed by atoms with van der Waals surface area (Å²) < 4.78 is 9.91. The van der Waals surface area contributed by atoms with E-state index in [0.29, 0.717) is 11.8 Å². The summed E-state index contributed by atoms with van der Waals surface area (Å²) in [5, 5.41) is 0.821. The van der Waals surface area contributed by atoms with Crippen molar-refractivity contribution in [3.63, 3.8) is 0 Å². The van der Waals surface area contributed by atoms with Crippen LogP contribution in [0.5, 0.6) is 5.75 Å². The van der Waals surface area contributed by atoms with Gasteiger partial charge in [0.1, 0.15) is 16.9 Å². The number of rotatable bonds is 2. The van der Waals surface area contributed by atoms with Gasteiger partial charge in [0.15, 0.2) is 11.4 Å². The second-order valence-corrected chi connectivity index (χ2v) is 7.76. The van der Waals surface area contributed by atoms with Gasteiger partial charge < -0.3 is 9.30 Å². The molecule has 28 heavy (non-hydrogen) atoms. The van der Waals surface area contributed by atoms with E-state index in [2.05, 4.69) is 8.97 Å². The van der Waals surface area contributed by atoms with Crippen LogP contribution in [0.25, 0.3) is 27.7 Å². The normalized spacial score (nSPS) is 16.1. The van der Waals surface area contributed by atoms with Crippen LogP contribution in [0.1, 0.15) is 57.3 Å².